The maximum absolute atomic E-state index is 9.43. The Morgan fingerprint density at radius 1 is 0.926 bits per heavy atom. The predicted octanol–water partition coefficient (Wildman–Crippen LogP) is 3.41. The van der Waals surface area contributed by atoms with E-state index in [0.29, 0.717) is 19.7 Å². The summed E-state index contributed by atoms with van der Waals surface area (Å²) in [5, 5.41) is 9.43. The second kappa shape index (κ2) is 11.5. The molecule has 0 aromatic heterocycles. The van der Waals surface area contributed by atoms with Crippen molar-refractivity contribution in [2.45, 2.75) is 20.4 Å². The quantitative estimate of drug-likeness (QED) is 0.619. The van der Waals surface area contributed by atoms with E-state index in [2.05, 4.69) is 35.8 Å². The molecule has 0 heterocycles. The summed E-state index contributed by atoms with van der Waals surface area (Å²) in [7, 11) is 1.66. The van der Waals surface area contributed by atoms with Crippen LogP contribution in [0.25, 0.3) is 0 Å². The molecule has 0 amide bonds. The van der Waals surface area contributed by atoms with Crippen molar-refractivity contribution in [3.63, 3.8) is 0 Å². The van der Waals surface area contributed by atoms with E-state index in [9.17, 15) is 5.11 Å². The summed E-state index contributed by atoms with van der Waals surface area (Å²) < 4.78 is 11.2. The molecule has 0 atom stereocenters. The summed E-state index contributed by atoms with van der Waals surface area (Å²) in [5.74, 6) is 1.70. The van der Waals surface area contributed by atoms with E-state index in [-0.39, 0.29) is 6.61 Å². The lowest BCUT2D eigenvalue weighted by atomic mass is 10.2. The zero-order chi connectivity index (χ0) is 19.5. The van der Waals surface area contributed by atoms with E-state index < -0.39 is 0 Å². The van der Waals surface area contributed by atoms with Gasteiger partial charge in [-0.2, -0.15) is 0 Å². The third-order valence-corrected chi connectivity index (χ3v) is 4.66. The first kappa shape index (κ1) is 21.1. The normalized spacial score (nSPS) is 10.9. The van der Waals surface area contributed by atoms with E-state index in [1.165, 1.54) is 5.56 Å². The van der Waals surface area contributed by atoms with Crippen molar-refractivity contribution in [3.8, 4) is 11.5 Å². The second-order valence-electron chi connectivity index (χ2n) is 6.37. The SMILES string of the molecule is CCN(CC)CCOc1ccc(CN(CCO)c2cccc(OC)c2)cc1. The molecule has 2 aromatic rings. The van der Waals surface area contributed by atoms with Gasteiger partial charge in [0.2, 0.25) is 0 Å². The molecular formula is C22H32N2O3. The first-order valence-corrected chi connectivity index (χ1v) is 9.64. The van der Waals surface area contributed by atoms with Gasteiger partial charge in [-0.15, -0.1) is 0 Å². The summed E-state index contributed by atoms with van der Waals surface area (Å²) in [6.07, 6.45) is 0. The number of aliphatic hydroxyl groups is 1. The topological polar surface area (TPSA) is 45.2 Å². The van der Waals surface area contributed by atoms with E-state index in [1.54, 1.807) is 7.11 Å². The van der Waals surface area contributed by atoms with Crippen molar-refractivity contribution in [2.75, 3.05) is 51.4 Å². The lowest BCUT2D eigenvalue weighted by molar-refractivity contribution is 0.223. The van der Waals surface area contributed by atoms with E-state index in [0.717, 1.165) is 36.8 Å². The molecule has 1 N–H and O–H groups in total. The molecule has 0 aliphatic heterocycles. The van der Waals surface area contributed by atoms with Crippen LogP contribution in [0.15, 0.2) is 48.5 Å². The van der Waals surface area contributed by atoms with Gasteiger partial charge in [0, 0.05) is 31.4 Å². The molecule has 0 saturated heterocycles. The van der Waals surface area contributed by atoms with Gasteiger partial charge in [0.1, 0.15) is 18.1 Å². The number of methoxy groups -OCH3 is 1. The molecule has 0 radical (unpaired) electrons. The summed E-state index contributed by atoms with van der Waals surface area (Å²) in [5.41, 5.74) is 2.20. The van der Waals surface area contributed by atoms with Crippen molar-refractivity contribution in [1.82, 2.24) is 4.90 Å². The molecule has 0 unspecified atom stereocenters. The number of nitrogens with zero attached hydrogens (tertiary/aromatic N) is 2. The number of ether oxygens (including phenoxy) is 2. The molecule has 148 valence electrons. The Labute approximate surface area is 163 Å². The minimum atomic E-state index is 0.101. The van der Waals surface area contributed by atoms with Crippen LogP contribution in [0.2, 0.25) is 0 Å². The van der Waals surface area contributed by atoms with Gasteiger partial charge in [-0.3, -0.25) is 0 Å². The number of hydrogen-bond acceptors (Lipinski definition) is 5. The van der Waals surface area contributed by atoms with Crippen LogP contribution < -0.4 is 14.4 Å². The monoisotopic (exact) mass is 372 g/mol. The lowest BCUT2D eigenvalue weighted by Crippen LogP contribution is -2.27. The molecule has 2 aromatic carbocycles. The number of anilines is 1. The standard InChI is InChI=1S/C22H32N2O3/c1-4-23(5-2)14-16-27-21-11-9-19(10-12-21)18-24(13-15-25)20-7-6-8-22(17-20)26-3/h6-12,17,25H,4-5,13-16,18H2,1-3H3. The molecule has 0 fully saturated rings. The van der Waals surface area contributed by atoms with Crippen molar-refractivity contribution in [3.05, 3.63) is 54.1 Å². The maximum Gasteiger partial charge on any atom is 0.120 e. The van der Waals surface area contributed by atoms with Crippen LogP contribution in [0.1, 0.15) is 19.4 Å². The molecule has 5 nitrogen and oxygen atoms in total. The molecular weight excluding hydrogens is 340 g/mol. The van der Waals surface area contributed by atoms with E-state index in [4.69, 9.17) is 9.47 Å². The smallest absolute Gasteiger partial charge is 0.120 e. The fourth-order valence-corrected chi connectivity index (χ4v) is 2.97. The van der Waals surface area contributed by atoms with Crippen molar-refractivity contribution >= 4 is 5.69 Å². The van der Waals surface area contributed by atoms with Gasteiger partial charge in [0.25, 0.3) is 0 Å². The Bertz CT molecular complexity index is 657. The highest BCUT2D eigenvalue weighted by Gasteiger charge is 2.08. The average Bonchev–Trinajstić information content (AvgIpc) is 2.72. The first-order chi connectivity index (χ1) is 13.2. The Morgan fingerprint density at radius 2 is 1.67 bits per heavy atom. The van der Waals surface area contributed by atoms with Gasteiger partial charge in [-0.1, -0.05) is 32.0 Å². The van der Waals surface area contributed by atoms with Gasteiger partial charge in [0.05, 0.1) is 13.7 Å². The molecule has 0 bridgehead atoms. The largest absolute Gasteiger partial charge is 0.497 e. The van der Waals surface area contributed by atoms with Crippen LogP contribution >= 0.6 is 0 Å². The molecule has 27 heavy (non-hydrogen) atoms. The van der Waals surface area contributed by atoms with Crippen molar-refractivity contribution in [1.29, 1.82) is 0 Å². The first-order valence-electron chi connectivity index (χ1n) is 9.64. The Balaban J connectivity index is 1.96. The molecule has 5 heteroatoms. The van der Waals surface area contributed by atoms with Gasteiger partial charge >= 0.3 is 0 Å². The Morgan fingerprint density at radius 3 is 2.30 bits per heavy atom. The minimum absolute atomic E-state index is 0.101. The fraction of sp³-hybridized carbons (Fsp3) is 0.455. The van der Waals surface area contributed by atoms with Gasteiger partial charge in [-0.25, -0.2) is 0 Å². The number of aliphatic hydroxyl groups excluding tert-OH is 1. The summed E-state index contributed by atoms with van der Waals surface area (Å²) in [6, 6.07) is 16.1. The highest BCUT2D eigenvalue weighted by Crippen LogP contribution is 2.23. The number of likely N-dealkylation sites (N-methyl/N-ethyl adjacent to an activating group) is 1. The van der Waals surface area contributed by atoms with Crippen LogP contribution in [-0.2, 0) is 6.54 Å². The Hall–Kier alpha value is -2.24. The zero-order valence-electron chi connectivity index (χ0n) is 16.7. The van der Waals surface area contributed by atoms with E-state index >= 15 is 0 Å². The van der Waals surface area contributed by atoms with Crippen LogP contribution in [0.5, 0.6) is 11.5 Å². The summed E-state index contributed by atoms with van der Waals surface area (Å²) >= 11 is 0. The van der Waals surface area contributed by atoms with Crippen molar-refractivity contribution < 1.29 is 14.6 Å². The van der Waals surface area contributed by atoms with Crippen LogP contribution in [-0.4, -0.2) is 56.5 Å². The molecule has 2 rings (SSSR count). The van der Waals surface area contributed by atoms with Gasteiger partial charge in [-0.05, 0) is 42.9 Å². The number of benzene rings is 2. The second-order valence-corrected chi connectivity index (χ2v) is 6.37. The third-order valence-electron chi connectivity index (χ3n) is 4.66. The zero-order valence-corrected chi connectivity index (χ0v) is 16.7. The molecule has 0 aliphatic carbocycles. The minimum Gasteiger partial charge on any atom is -0.497 e. The predicted molar refractivity (Wildman–Crippen MR) is 111 cm³/mol. The van der Waals surface area contributed by atoms with Gasteiger partial charge < -0.3 is 24.4 Å². The Kier molecular flexibility index (Phi) is 8.95. The average molecular weight is 373 g/mol. The summed E-state index contributed by atoms with van der Waals surface area (Å²) in [4.78, 5) is 4.48. The van der Waals surface area contributed by atoms with Crippen LogP contribution in [0.3, 0.4) is 0 Å². The van der Waals surface area contributed by atoms with Crippen LogP contribution in [0.4, 0.5) is 5.69 Å². The van der Waals surface area contributed by atoms with Gasteiger partial charge in [0.15, 0.2) is 0 Å². The third kappa shape index (κ3) is 6.77. The van der Waals surface area contributed by atoms with Crippen LogP contribution in [0, 0.1) is 0 Å². The lowest BCUT2D eigenvalue weighted by Gasteiger charge is -2.24. The van der Waals surface area contributed by atoms with Crippen molar-refractivity contribution in [2.24, 2.45) is 0 Å². The molecule has 0 saturated carbocycles. The molecule has 0 spiro atoms. The highest BCUT2D eigenvalue weighted by atomic mass is 16.5. The maximum atomic E-state index is 9.43. The van der Waals surface area contributed by atoms with E-state index in [1.807, 2.05) is 36.4 Å². The fourth-order valence-electron chi connectivity index (χ4n) is 2.97. The number of rotatable bonds is 12. The summed E-state index contributed by atoms with van der Waals surface area (Å²) in [6.45, 7) is 9.44. The highest BCUT2D eigenvalue weighted by molar-refractivity contribution is 5.51. The molecule has 0 aliphatic rings. The number of hydrogen-bond donors (Lipinski definition) is 1.